The number of rotatable bonds is 7. The predicted molar refractivity (Wildman–Crippen MR) is 121 cm³/mol. The number of urea groups is 1. The molecule has 0 unspecified atom stereocenters. The van der Waals surface area contributed by atoms with Crippen LogP contribution in [0.4, 0.5) is 48.2 Å². The quantitative estimate of drug-likeness (QED) is 0.313. The molecule has 0 aliphatic rings. The number of benzene rings is 2. The van der Waals surface area contributed by atoms with Gasteiger partial charge in [0, 0.05) is 12.2 Å². The number of aromatic nitrogens is 2. The molecule has 3 aromatic rings. The van der Waals surface area contributed by atoms with E-state index in [-0.39, 0.29) is 33.5 Å². The summed E-state index contributed by atoms with van der Waals surface area (Å²) in [5.74, 6) is -3.69. The molecule has 38 heavy (non-hydrogen) atoms. The van der Waals surface area contributed by atoms with Crippen LogP contribution in [0.15, 0.2) is 48.7 Å². The van der Waals surface area contributed by atoms with Crippen molar-refractivity contribution in [1.29, 1.82) is 0 Å². The maximum atomic E-state index is 12.8. The Morgan fingerprint density at radius 3 is 2.32 bits per heavy atom. The molecule has 0 radical (unpaired) electrons. The molecule has 2 aromatic carbocycles. The van der Waals surface area contributed by atoms with E-state index in [1.54, 1.807) is 6.07 Å². The van der Waals surface area contributed by atoms with Gasteiger partial charge in [-0.3, -0.25) is 4.79 Å². The lowest BCUT2D eigenvalue weighted by molar-refractivity contribution is -0.201. The van der Waals surface area contributed by atoms with Crippen LogP contribution in [-0.2, 0) is 17.5 Å². The summed E-state index contributed by atoms with van der Waals surface area (Å²) in [4.78, 5) is 39.0. The minimum Gasteiger partial charge on any atom is -0.378 e. The van der Waals surface area contributed by atoms with Crippen LogP contribution < -0.4 is 26.5 Å². The Kier molecular flexibility index (Phi) is 8.04. The topological polar surface area (TPSA) is 140 Å². The van der Waals surface area contributed by atoms with Gasteiger partial charge in [0.05, 0.1) is 28.2 Å². The van der Waals surface area contributed by atoms with Gasteiger partial charge in [0.1, 0.15) is 0 Å². The van der Waals surface area contributed by atoms with E-state index in [9.17, 15) is 40.7 Å². The number of anilines is 3. The van der Waals surface area contributed by atoms with Crippen LogP contribution in [0.2, 0.25) is 5.02 Å². The van der Waals surface area contributed by atoms with E-state index in [4.69, 9.17) is 17.3 Å². The number of hydrogen-bond acceptors (Lipinski definition) is 6. The van der Waals surface area contributed by atoms with Crippen molar-refractivity contribution in [2.75, 3.05) is 16.0 Å². The minimum absolute atomic E-state index is 0.0545. The summed E-state index contributed by atoms with van der Waals surface area (Å²) in [5.41, 5.74) is 4.17. The van der Waals surface area contributed by atoms with Crippen LogP contribution in [0.3, 0.4) is 0 Å². The number of alkyl halides is 6. The molecule has 3 amide bonds. The minimum atomic E-state index is -5.30. The third kappa shape index (κ3) is 7.28. The maximum absolute atomic E-state index is 12.8. The van der Waals surface area contributed by atoms with E-state index >= 15 is 0 Å². The molecule has 0 saturated heterocycles. The molecule has 0 bridgehead atoms. The molecule has 202 valence electrons. The molecular weight excluding hydrogens is 550 g/mol. The molecule has 0 aliphatic heterocycles. The Labute approximate surface area is 213 Å². The molecule has 0 aliphatic carbocycles. The second-order valence-corrected chi connectivity index (χ2v) is 7.77. The lowest BCUT2D eigenvalue weighted by Crippen LogP contribution is -2.33. The van der Waals surface area contributed by atoms with Gasteiger partial charge in [0.15, 0.2) is 5.69 Å². The summed E-state index contributed by atoms with van der Waals surface area (Å²) in [6.45, 7) is -0.0545. The van der Waals surface area contributed by atoms with Gasteiger partial charge in [0.25, 0.3) is 5.91 Å². The fourth-order valence-corrected chi connectivity index (χ4v) is 3.11. The molecule has 0 atom stereocenters. The number of nitrogens with one attached hydrogen (secondary N) is 3. The monoisotopic (exact) mass is 564 g/mol. The summed E-state index contributed by atoms with van der Waals surface area (Å²) >= 11 is 5.82. The first-order valence-electron chi connectivity index (χ1n) is 10.1. The molecule has 0 fully saturated rings. The number of primary amides is 1. The highest BCUT2D eigenvalue weighted by atomic mass is 35.5. The summed E-state index contributed by atoms with van der Waals surface area (Å²) in [6.07, 6.45) is -9.11. The lowest BCUT2D eigenvalue weighted by Gasteiger charge is -2.12. The molecule has 1 heterocycles. The Morgan fingerprint density at radius 2 is 1.71 bits per heavy atom. The normalized spacial score (nSPS) is 11.6. The van der Waals surface area contributed by atoms with Gasteiger partial charge < -0.3 is 26.5 Å². The van der Waals surface area contributed by atoms with Crippen molar-refractivity contribution in [3.8, 4) is 0 Å². The van der Waals surface area contributed by atoms with Crippen molar-refractivity contribution in [3.63, 3.8) is 0 Å². The summed E-state index contributed by atoms with van der Waals surface area (Å²) in [6, 6.07) is 7.66. The molecule has 5 N–H and O–H groups in total. The molecule has 1 aromatic heterocycles. The number of amides is 3. The van der Waals surface area contributed by atoms with Crippen molar-refractivity contribution in [3.05, 3.63) is 70.5 Å². The number of nitrogens with two attached hydrogens (primary N) is 1. The molecule has 3 rings (SSSR count). The molecular formula is C21H15ClF6N6O4. The second-order valence-electron chi connectivity index (χ2n) is 7.36. The van der Waals surface area contributed by atoms with E-state index in [1.807, 2.05) is 0 Å². The van der Waals surface area contributed by atoms with E-state index in [0.29, 0.717) is 11.6 Å². The zero-order chi connectivity index (χ0) is 28.3. The molecule has 17 heteroatoms. The van der Waals surface area contributed by atoms with Gasteiger partial charge in [-0.1, -0.05) is 28.6 Å². The fourth-order valence-electron chi connectivity index (χ4n) is 2.88. The van der Waals surface area contributed by atoms with Crippen LogP contribution in [-0.4, -0.2) is 34.0 Å². The zero-order valence-corrected chi connectivity index (χ0v) is 19.3. The Morgan fingerprint density at radius 1 is 1.00 bits per heavy atom. The number of carbonyl (C=O) groups is 3. The highest BCUT2D eigenvalue weighted by molar-refractivity contribution is 6.33. The van der Waals surface area contributed by atoms with E-state index in [2.05, 4.69) is 25.9 Å². The van der Waals surface area contributed by atoms with Crippen molar-refractivity contribution < 1.29 is 45.6 Å². The second kappa shape index (κ2) is 10.9. The van der Waals surface area contributed by atoms with E-state index in [1.165, 1.54) is 18.2 Å². The van der Waals surface area contributed by atoms with Gasteiger partial charge >= 0.3 is 24.4 Å². The summed E-state index contributed by atoms with van der Waals surface area (Å²) < 4.78 is 75.5. The predicted octanol–water partition coefficient (Wildman–Crippen LogP) is 4.43. The third-order valence-corrected chi connectivity index (χ3v) is 4.86. The van der Waals surface area contributed by atoms with Crippen molar-refractivity contribution in [2.45, 2.75) is 18.9 Å². The van der Waals surface area contributed by atoms with Crippen molar-refractivity contribution in [1.82, 2.24) is 9.94 Å². The highest BCUT2D eigenvalue weighted by Crippen LogP contribution is 2.33. The van der Waals surface area contributed by atoms with Gasteiger partial charge in [-0.15, -0.1) is 5.10 Å². The average Bonchev–Trinajstić information content (AvgIpc) is 3.21. The van der Waals surface area contributed by atoms with Gasteiger partial charge in [-0.2, -0.15) is 26.3 Å². The first kappa shape index (κ1) is 28.1. The SMILES string of the molecule is NC(=O)c1nn(OC(=O)C(F)(F)F)cc1NCc1cccc(NC(=O)Nc2ccc(C(F)(F)F)cc2Cl)c1. The maximum Gasteiger partial charge on any atom is 0.493 e. The highest BCUT2D eigenvalue weighted by Gasteiger charge is 2.42. The number of hydrogen-bond donors (Lipinski definition) is 4. The van der Waals surface area contributed by atoms with E-state index < -0.39 is 41.5 Å². The molecule has 0 saturated carbocycles. The average molecular weight is 565 g/mol. The Hall–Kier alpha value is -4.47. The van der Waals surface area contributed by atoms with Crippen LogP contribution in [0.25, 0.3) is 0 Å². The van der Waals surface area contributed by atoms with E-state index in [0.717, 1.165) is 18.3 Å². The largest absolute Gasteiger partial charge is 0.493 e. The van der Waals surface area contributed by atoms with Crippen LogP contribution in [0.1, 0.15) is 21.6 Å². The van der Waals surface area contributed by atoms with Gasteiger partial charge in [-0.25, -0.2) is 9.59 Å². The number of nitrogens with zero attached hydrogens (tertiary/aromatic N) is 2. The molecule has 10 nitrogen and oxygen atoms in total. The van der Waals surface area contributed by atoms with Crippen LogP contribution >= 0.6 is 11.6 Å². The first-order chi connectivity index (χ1) is 17.6. The fraction of sp³-hybridized carbons (Fsp3) is 0.143. The number of carbonyl (C=O) groups excluding carboxylic acids is 3. The van der Waals surface area contributed by atoms with Crippen LogP contribution in [0, 0.1) is 0 Å². The molecule has 0 spiro atoms. The van der Waals surface area contributed by atoms with Gasteiger partial charge in [0.2, 0.25) is 0 Å². The standard InChI is InChI=1S/C21H15ClF6N6O4/c22-13-7-11(20(23,24)25)4-5-14(13)32-19(37)31-12-3-1-2-10(6-12)8-30-15-9-34(33-16(15)17(29)35)38-18(36)21(26,27)28/h1-7,9,30H,8H2,(H2,29,35)(H2,31,32,37). The summed E-state index contributed by atoms with van der Waals surface area (Å²) in [5, 5.41) is 10.5. The summed E-state index contributed by atoms with van der Waals surface area (Å²) in [7, 11) is 0. The Bertz CT molecular complexity index is 1370. The Balaban J connectivity index is 1.65. The smallest absolute Gasteiger partial charge is 0.378 e. The van der Waals surface area contributed by atoms with Crippen molar-refractivity contribution in [2.24, 2.45) is 5.73 Å². The number of halogens is 7. The van der Waals surface area contributed by atoms with Gasteiger partial charge in [-0.05, 0) is 35.9 Å². The van der Waals surface area contributed by atoms with Crippen LogP contribution in [0.5, 0.6) is 0 Å². The third-order valence-electron chi connectivity index (χ3n) is 4.55. The zero-order valence-electron chi connectivity index (χ0n) is 18.6. The van der Waals surface area contributed by atoms with Crippen molar-refractivity contribution >= 4 is 46.6 Å². The lowest BCUT2D eigenvalue weighted by atomic mass is 10.2. The first-order valence-corrected chi connectivity index (χ1v) is 10.5.